The Kier molecular flexibility index (Phi) is 10.0. The molecule has 3 heterocycles. The number of benzene rings is 1. The molecule has 1 fully saturated rings. The summed E-state index contributed by atoms with van der Waals surface area (Å²) >= 11 is 0. The number of allylic oxidation sites excluding steroid dienone is 2. The molecular formula is C34H39N5O2. The average Bonchev–Trinajstić information content (AvgIpc) is 2.96. The minimum atomic E-state index is -0.363. The van der Waals surface area contributed by atoms with Gasteiger partial charge in [0, 0.05) is 42.2 Å². The highest BCUT2D eigenvalue weighted by Gasteiger charge is 2.22. The Balaban J connectivity index is 1.54. The first-order valence-electron chi connectivity index (χ1n) is 14.2. The largest absolute Gasteiger partial charge is 0.375 e. The van der Waals surface area contributed by atoms with E-state index in [1.807, 2.05) is 44.3 Å². The third-order valence-corrected chi connectivity index (χ3v) is 7.46. The number of amides is 1. The number of aliphatic imine (C=N–C) groups is 1. The first kappa shape index (κ1) is 29.7. The van der Waals surface area contributed by atoms with E-state index < -0.39 is 0 Å². The van der Waals surface area contributed by atoms with Crippen molar-refractivity contribution in [3.63, 3.8) is 0 Å². The molecule has 41 heavy (non-hydrogen) atoms. The minimum absolute atomic E-state index is 0.209. The summed E-state index contributed by atoms with van der Waals surface area (Å²) in [5.41, 5.74) is 6.16. The van der Waals surface area contributed by atoms with Crippen LogP contribution in [0, 0.1) is 11.3 Å². The SMILES string of the molecule is C=C(/C=c1/cc(C(=C/C)/N=C(/C=C(\C)CC)N2CCC2)cn/c1=C/C)CNC(=O)c1ccc2c(c1)C(C#N)COC2. The van der Waals surface area contributed by atoms with Gasteiger partial charge in [-0.15, -0.1) is 0 Å². The van der Waals surface area contributed by atoms with Crippen LogP contribution < -0.4 is 15.9 Å². The van der Waals surface area contributed by atoms with Gasteiger partial charge in [-0.25, -0.2) is 4.99 Å². The highest BCUT2D eigenvalue weighted by atomic mass is 16.5. The Morgan fingerprint density at radius 1 is 1.29 bits per heavy atom. The second-order valence-electron chi connectivity index (χ2n) is 10.4. The van der Waals surface area contributed by atoms with Gasteiger partial charge in [-0.05, 0) is 80.7 Å². The van der Waals surface area contributed by atoms with Crippen molar-refractivity contribution < 1.29 is 9.53 Å². The maximum atomic E-state index is 12.9. The minimum Gasteiger partial charge on any atom is -0.375 e. The molecule has 1 N–H and O–H groups in total. The van der Waals surface area contributed by atoms with E-state index in [4.69, 9.17) is 14.7 Å². The van der Waals surface area contributed by atoms with E-state index in [1.54, 1.807) is 12.1 Å². The van der Waals surface area contributed by atoms with Gasteiger partial charge in [-0.3, -0.25) is 9.78 Å². The molecule has 0 spiro atoms. The number of carbonyl (C=O) groups is 1. The number of amidine groups is 1. The van der Waals surface area contributed by atoms with Crippen molar-refractivity contribution in [2.24, 2.45) is 4.99 Å². The molecule has 1 aromatic heterocycles. The fourth-order valence-corrected chi connectivity index (χ4v) is 4.71. The number of likely N-dealkylation sites (tertiary alicyclic amines) is 1. The number of nitrogens with one attached hydrogen (secondary N) is 1. The van der Waals surface area contributed by atoms with Crippen molar-refractivity contribution in [1.29, 1.82) is 5.26 Å². The molecule has 2 aliphatic heterocycles. The number of rotatable bonds is 8. The summed E-state index contributed by atoms with van der Waals surface area (Å²) < 4.78 is 5.48. The Hall–Kier alpha value is -4.28. The summed E-state index contributed by atoms with van der Waals surface area (Å²) in [7, 11) is 0. The maximum absolute atomic E-state index is 12.9. The quantitative estimate of drug-likeness (QED) is 0.384. The van der Waals surface area contributed by atoms with E-state index in [0.29, 0.717) is 18.8 Å². The summed E-state index contributed by atoms with van der Waals surface area (Å²) in [5, 5.41) is 14.2. The lowest BCUT2D eigenvalue weighted by atomic mass is 9.92. The second-order valence-corrected chi connectivity index (χ2v) is 10.4. The zero-order valence-corrected chi connectivity index (χ0v) is 24.5. The first-order chi connectivity index (χ1) is 19.9. The molecule has 0 radical (unpaired) electrons. The smallest absolute Gasteiger partial charge is 0.251 e. The van der Waals surface area contributed by atoms with Gasteiger partial charge in [-0.1, -0.05) is 37.3 Å². The third-order valence-electron chi connectivity index (χ3n) is 7.46. The summed E-state index contributed by atoms with van der Waals surface area (Å²) in [6.45, 7) is 15.6. The third kappa shape index (κ3) is 7.27. The number of nitrogens with zero attached hydrogens (tertiary/aromatic N) is 4. The molecule has 0 aliphatic carbocycles. The normalized spacial score (nSPS) is 18.5. The Morgan fingerprint density at radius 3 is 2.76 bits per heavy atom. The van der Waals surface area contributed by atoms with Gasteiger partial charge >= 0.3 is 0 Å². The van der Waals surface area contributed by atoms with E-state index in [0.717, 1.165) is 63.9 Å². The van der Waals surface area contributed by atoms with Gasteiger partial charge in [0.1, 0.15) is 5.84 Å². The number of fused-ring (bicyclic) bond motifs is 1. The summed E-state index contributed by atoms with van der Waals surface area (Å²) in [6.07, 6.45) is 12.1. The highest BCUT2D eigenvalue weighted by Crippen LogP contribution is 2.27. The lowest BCUT2D eigenvalue weighted by Gasteiger charge is -2.33. The standard InChI is InChI=1S/C34H39N5O2/c1-6-23(4)15-33(39-12-9-13-39)38-32(8-3)28-16-27(31(7-2)36-20-28)14-24(5)19-37-34(40)25-10-11-26-21-41-22-29(18-35)30(26)17-25/h7-8,10-11,14-17,20,29H,5-6,9,12-13,19,21-22H2,1-4H3,(H,37,40)/b23-15+,27-14-,31-7+,32-8-,38-33-. The van der Waals surface area contributed by atoms with E-state index in [2.05, 4.69) is 48.9 Å². The van der Waals surface area contributed by atoms with Crippen LogP contribution in [0.4, 0.5) is 0 Å². The van der Waals surface area contributed by atoms with Gasteiger partial charge in [0.25, 0.3) is 5.91 Å². The molecular weight excluding hydrogens is 510 g/mol. The molecule has 212 valence electrons. The summed E-state index contributed by atoms with van der Waals surface area (Å²) in [6, 6.07) is 9.77. The van der Waals surface area contributed by atoms with Crippen LogP contribution in [0.1, 0.15) is 73.5 Å². The average molecular weight is 550 g/mol. The van der Waals surface area contributed by atoms with Crippen LogP contribution in [0.15, 0.2) is 65.3 Å². The lowest BCUT2D eigenvalue weighted by Crippen LogP contribution is -2.41. The molecule has 4 rings (SSSR count). The molecule has 2 aromatic rings. The number of aromatic nitrogens is 1. The Labute approximate surface area is 243 Å². The predicted octanol–water partition coefficient (Wildman–Crippen LogP) is 4.61. The first-order valence-corrected chi connectivity index (χ1v) is 14.2. The maximum Gasteiger partial charge on any atom is 0.251 e. The lowest BCUT2D eigenvalue weighted by molar-refractivity contribution is 0.0952. The van der Waals surface area contributed by atoms with E-state index >= 15 is 0 Å². The summed E-state index contributed by atoms with van der Waals surface area (Å²) in [5.74, 6) is 0.417. The summed E-state index contributed by atoms with van der Waals surface area (Å²) in [4.78, 5) is 25.0. The molecule has 1 unspecified atom stereocenters. The number of ether oxygens (including phenoxy) is 1. The molecule has 0 saturated carbocycles. The second kappa shape index (κ2) is 13.9. The zero-order valence-electron chi connectivity index (χ0n) is 24.5. The van der Waals surface area contributed by atoms with Crippen LogP contribution in [0.25, 0.3) is 17.8 Å². The van der Waals surface area contributed by atoms with E-state index in [-0.39, 0.29) is 18.4 Å². The van der Waals surface area contributed by atoms with Crippen LogP contribution in [0.2, 0.25) is 0 Å². The Morgan fingerprint density at radius 2 is 2.10 bits per heavy atom. The van der Waals surface area contributed by atoms with Crippen LogP contribution in [-0.4, -0.2) is 47.9 Å². The van der Waals surface area contributed by atoms with Crippen LogP contribution in [0.3, 0.4) is 0 Å². The van der Waals surface area contributed by atoms with Crippen molar-refractivity contribution in [2.45, 2.75) is 53.1 Å². The van der Waals surface area contributed by atoms with Crippen molar-refractivity contribution in [2.75, 3.05) is 26.2 Å². The van der Waals surface area contributed by atoms with E-state index in [1.165, 1.54) is 12.0 Å². The monoisotopic (exact) mass is 549 g/mol. The molecule has 1 aromatic carbocycles. The van der Waals surface area contributed by atoms with Gasteiger partial charge in [0.2, 0.25) is 0 Å². The number of pyridine rings is 1. The molecule has 1 atom stereocenters. The molecule has 1 amide bonds. The number of hydrogen-bond donors (Lipinski definition) is 1. The molecule has 1 saturated heterocycles. The zero-order chi connectivity index (χ0) is 29.4. The predicted molar refractivity (Wildman–Crippen MR) is 165 cm³/mol. The van der Waals surface area contributed by atoms with Gasteiger partial charge in [-0.2, -0.15) is 5.26 Å². The van der Waals surface area contributed by atoms with Gasteiger partial charge < -0.3 is 15.0 Å². The topological polar surface area (TPSA) is 90.6 Å². The van der Waals surface area contributed by atoms with Crippen molar-refractivity contribution in [1.82, 2.24) is 15.2 Å². The van der Waals surface area contributed by atoms with Crippen LogP contribution >= 0.6 is 0 Å². The van der Waals surface area contributed by atoms with E-state index in [9.17, 15) is 10.1 Å². The number of carbonyl (C=O) groups excluding carboxylic acids is 1. The molecule has 0 bridgehead atoms. The highest BCUT2D eigenvalue weighted by molar-refractivity contribution is 5.97. The molecule has 7 nitrogen and oxygen atoms in total. The fourth-order valence-electron chi connectivity index (χ4n) is 4.71. The van der Waals surface area contributed by atoms with Crippen molar-refractivity contribution in [3.8, 4) is 6.07 Å². The van der Waals surface area contributed by atoms with Crippen molar-refractivity contribution >= 4 is 29.6 Å². The van der Waals surface area contributed by atoms with Gasteiger partial charge in [0.15, 0.2) is 0 Å². The van der Waals surface area contributed by atoms with Crippen molar-refractivity contribution in [3.05, 3.63) is 93.2 Å². The number of hydrogen-bond acceptors (Lipinski definition) is 5. The van der Waals surface area contributed by atoms with Gasteiger partial charge in [0.05, 0.1) is 36.2 Å². The van der Waals surface area contributed by atoms with Crippen LogP contribution in [-0.2, 0) is 11.3 Å². The fraction of sp³-hybridized carbons (Fsp3) is 0.353. The molecule has 2 aliphatic rings. The number of nitriles is 1. The van der Waals surface area contributed by atoms with Crippen LogP contribution in [0.5, 0.6) is 0 Å². The molecule has 7 heteroatoms. The Bertz CT molecular complexity index is 1570.